The topological polar surface area (TPSA) is 43.4 Å². The Labute approximate surface area is 71.1 Å². The second kappa shape index (κ2) is 2.09. The molecule has 0 spiro atoms. The molecule has 0 aromatic rings. The quantitative estimate of drug-likeness (QED) is 0.455. The molecule has 0 aromatic carbocycles. The molecule has 0 atom stereocenters. The summed E-state index contributed by atoms with van der Waals surface area (Å²) in [5, 5.41) is 0. The van der Waals surface area contributed by atoms with Crippen LogP contribution in [0, 0.1) is 10.8 Å². The Hall–Kier alpha value is -0.860. The van der Waals surface area contributed by atoms with Gasteiger partial charge in [-0.2, -0.15) is 0 Å². The van der Waals surface area contributed by atoms with E-state index in [9.17, 15) is 9.59 Å². The number of carbonyl (C=O) groups is 2. The van der Waals surface area contributed by atoms with Crippen LogP contribution < -0.4 is 0 Å². The molecule has 66 valence electrons. The van der Waals surface area contributed by atoms with Crippen LogP contribution in [0.4, 0.5) is 0 Å². The fraction of sp³-hybridized carbons (Fsp3) is 0.778. The van der Waals surface area contributed by atoms with Gasteiger partial charge in [0, 0.05) is 5.41 Å². The molecule has 3 heteroatoms. The number of hydrogen-bond donors (Lipinski definition) is 0. The van der Waals surface area contributed by atoms with E-state index in [-0.39, 0.29) is 16.8 Å². The summed E-state index contributed by atoms with van der Waals surface area (Å²) in [5.74, 6) is -0.127. The van der Waals surface area contributed by atoms with E-state index in [2.05, 4.69) is 0 Å². The van der Waals surface area contributed by atoms with E-state index in [1.165, 1.54) is 7.11 Å². The van der Waals surface area contributed by atoms with Crippen molar-refractivity contribution in [3.63, 3.8) is 0 Å². The van der Waals surface area contributed by atoms with Gasteiger partial charge < -0.3 is 9.53 Å². The number of methoxy groups -OCH3 is 1. The van der Waals surface area contributed by atoms with Crippen molar-refractivity contribution in [3.8, 4) is 0 Å². The summed E-state index contributed by atoms with van der Waals surface area (Å²) in [5.41, 5.74) is -0.441. The van der Waals surface area contributed by atoms with Gasteiger partial charge in [0.05, 0.1) is 12.5 Å². The number of esters is 1. The summed E-state index contributed by atoms with van der Waals surface area (Å²) in [6.45, 7) is 0. The maximum absolute atomic E-state index is 11.3. The van der Waals surface area contributed by atoms with Crippen molar-refractivity contribution >= 4 is 12.3 Å². The van der Waals surface area contributed by atoms with Gasteiger partial charge in [0.1, 0.15) is 6.29 Å². The molecule has 3 fully saturated rings. The van der Waals surface area contributed by atoms with Crippen LogP contribution in [0.1, 0.15) is 25.7 Å². The van der Waals surface area contributed by atoms with Crippen molar-refractivity contribution in [1.29, 1.82) is 0 Å². The van der Waals surface area contributed by atoms with E-state index < -0.39 is 0 Å². The molecule has 0 unspecified atom stereocenters. The van der Waals surface area contributed by atoms with E-state index in [1.54, 1.807) is 0 Å². The van der Waals surface area contributed by atoms with Gasteiger partial charge in [-0.05, 0) is 25.7 Å². The molecule has 0 aromatic heterocycles. The lowest BCUT2D eigenvalue weighted by Gasteiger charge is -2.41. The molecule has 3 aliphatic rings. The van der Waals surface area contributed by atoms with Crippen LogP contribution >= 0.6 is 0 Å². The van der Waals surface area contributed by atoms with Crippen molar-refractivity contribution < 1.29 is 14.3 Å². The summed E-state index contributed by atoms with van der Waals surface area (Å²) in [6, 6.07) is 0. The largest absolute Gasteiger partial charge is 0.469 e. The molecule has 0 aliphatic heterocycles. The number of ether oxygens (including phenoxy) is 1. The van der Waals surface area contributed by atoms with Gasteiger partial charge in [0.2, 0.25) is 0 Å². The zero-order valence-electron chi connectivity index (χ0n) is 7.13. The summed E-state index contributed by atoms with van der Waals surface area (Å²) < 4.78 is 4.71. The van der Waals surface area contributed by atoms with Gasteiger partial charge in [-0.25, -0.2) is 0 Å². The molecular formula is C9H12O3. The maximum atomic E-state index is 11.3. The molecular weight excluding hydrogens is 156 g/mol. The first-order valence-electron chi connectivity index (χ1n) is 4.21. The Kier molecular flexibility index (Phi) is 1.35. The van der Waals surface area contributed by atoms with Crippen LogP contribution in [0.2, 0.25) is 0 Å². The van der Waals surface area contributed by atoms with E-state index in [1.807, 2.05) is 0 Å². The molecule has 3 rings (SSSR count). The smallest absolute Gasteiger partial charge is 0.311 e. The highest BCUT2D eigenvalue weighted by molar-refractivity contribution is 5.83. The lowest BCUT2D eigenvalue weighted by atomic mass is 9.61. The third kappa shape index (κ3) is 0.713. The Morgan fingerprint density at radius 2 is 2.08 bits per heavy atom. The number of carbonyl (C=O) groups excluding carboxylic acids is 2. The Bertz CT molecular complexity index is 238. The fourth-order valence-electron chi connectivity index (χ4n) is 2.74. The predicted molar refractivity (Wildman–Crippen MR) is 41.4 cm³/mol. The average molecular weight is 168 g/mol. The van der Waals surface area contributed by atoms with E-state index in [0.29, 0.717) is 0 Å². The number of hydrogen-bond acceptors (Lipinski definition) is 3. The molecule has 3 saturated carbocycles. The highest BCUT2D eigenvalue weighted by Gasteiger charge is 2.65. The Morgan fingerprint density at radius 3 is 2.50 bits per heavy atom. The second-order valence-corrected chi connectivity index (χ2v) is 4.11. The van der Waals surface area contributed by atoms with Gasteiger partial charge in [-0.3, -0.25) is 4.79 Å². The molecule has 12 heavy (non-hydrogen) atoms. The SMILES string of the molecule is COC(=O)C12CCC(C=O)(C1)C2. The first-order valence-corrected chi connectivity index (χ1v) is 4.21. The van der Waals surface area contributed by atoms with Gasteiger partial charge >= 0.3 is 5.97 Å². The van der Waals surface area contributed by atoms with Gasteiger partial charge in [-0.1, -0.05) is 0 Å². The maximum Gasteiger partial charge on any atom is 0.311 e. The van der Waals surface area contributed by atoms with Crippen LogP contribution in [0.3, 0.4) is 0 Å². The second-order valence-electron chi connectivity index (χ2n) is 4.11. The minimum Gasteiger partial charge on any atom is -0.469 e. The molecule has 0 radical (unpaired) electrons. The highest BCUT2D eigenvalue weighted by Crippen LogP contribution is 2.66. The van der Waals surface area contributed by atoms with E-state index in [0.717, 1.165) is 32.0 Å². The van der Waals surface area contributed by atoms with Crippen LogP contribution in [0.5, 0.6) is 0 Å². The van der Waals surface area contributed by atoms with Crippen molar-refractivity contribution in [1.82, 2.24) is 0 Å². The average Bonchev–Trinajstić information content (AvgIpc) is 2.57. The van der Waals surface area contributed by atoms with Crippen LogP contribution in [-0.2, 0) is 14.3 Å². The number of aldehydes is 1. The first-order chi connectivity index (χ1) is 5.66. The monoisotopic (exact) mass is 168 g/mol. The lowest BCUT2D eigenvalue weighted by Crippen LogP contribution is -2.44. The molecule has 3 aliphatic carbocycles. The zero-order chi connectivity index (χ0) is 8.82. The molecule has 0 amide bonds. The number of fused-ring (bicyclic) bond motifs is 1. The van der Waals surface area contributed by atoms with Crippen LogP contribution in [0.15, 0.2) is 0 Å². The summed E-state index contributed by atoms with van der Waals surface area (Å²) >= 11 is 0. The molecule has 0 N–H and O–H groups in total. The fourth-order valence-corrected chi connectivity index (χ4v) is 2.74. The van der Waals surface area contributed by atoms with Gasteiger partial charge in [0.25, 0.3) is 0 Å². The predicted octanol–water partition coefficient (Wildman–Crippen LogP) is 0.919. The summed E-state index contributed by atoms with van der Waals surface area (Å²) in [7, 11) is 1.41. The van der Waals surface area contributed by atoms with Crippen LogP contribution in [0.25, 0.3) is 0 Å². The van der Waals surface area contributed by atoms with Crippen LogP contribution in [-0.4, -0.2) is 19.4 Å². The Morgan fingerprint density at radius 1 is 1.42 bits per heavy atom. The summed E-state index contributed by atoms with van der Waals surface area (Å²) in [6.07, 6.45) is 4.15. The standard InChI is InChI=1S/C9H12O3/c1-12-7(11)9-3-2-8(4-9,5-9)6-10/h6H,2-5H2,1H3. The van der Waals surface area contributed by atoms with E-state index >= 15 is 0 Å². The molecule has 0 heterocycles. The highest BCUT2D eigenvalue weighted by atomic mass is 16.5. The normalized spacial score (nSPS) is 43.4. The third-order valence-electron chi connectivity index (χ3n) is 3.35. The summed E-state index contributed by atoms with van der Waals surface area (Å²) in [4.78, 5) is 22.0. The van der Waals surface area contributed by atoms with E-state index in [4.69, 9.17) is 4.74 Å². The van der Waals surface area contributed by atoms with Crippen molar-refractivity contribution in [2.45, 2.75) is 25.7 Å². The van der Waals surface area contributed by atoms with Gasteiger partial charge in [0.15, 0.2) is 0 Å². The van der Waals surface area contributed by atoms with Crippen molar-refractivity contribution in [3.05, 3.63) is 0 Å². The minimum atomic E-state index is -0.282. The van der Waals surface area contributed by atoms with Crippen molar-refractivity contribution in [2.24, 2.45) is 10.8 Å². The molecule has 3 nitrogen and oxygen atoms in total. The van der Waals surface area contributed by atoms with Gasteiger partial charge in [-0.15, -0.1) is 0 Å². The minimum absolute atomic E-state index is 0.127. The Balaban J connectivity index is 2.14. The zero-order valence-corrected chi connectivity index (χ0v) is 7.13. The molecule has 0 saturated heterocycles. The third-order valence-corrected chi connectivity index (χ3v) is 3.35. The molecule has 2 bridgehead atoms. The first kappa shape index (κ1) is 7.77. The number of rotatable bonds is 2. The van der Waals surface area contributed by atoms with Crippen molar-refractivity contribution in [2.75, 3.05) is 7.11 Å². The lowest BCUT2D eigenvalue weighted by molar-refractivity contribution is -0.161.